The predicted octanol–water partition coefficient (Wildman–Crippen LogP) is 6.08. The van der Waals surface area contributed by atoms with Crippen molar-refractivity contribution in [3.8, 4) is 11.5 Å². The summed E-state index contributed by atoms with van der Waals surface area (Å²) in [5.41, 5.74) is 4.24. The monoisotopic (exact) mass is 542 g/mol. The minimum atomic E-state index is -0.889. The van der Waals surface area contributed by atoms with Crippen molar-refractivity contribution in [1.82, 2.24) is 0 Å². The first-order valence-electron chi connectivity index (χ1n) is 13.2. The van der Waals surface area contributed by atoms with Gasteiger partial charge in [0, 0.05) is 10.8 Å². The summed E-state index contributed by atoms with van der Waals surface area (Å²) in [5.74, 6) is 1.50. The first kappa shape index (κ1) is 31.6. The van der Waals surface area contributed by atoms with Crippen LogP contribution in [0, 0.1) is 0 Å². The first-order valence-corrected chi connectivity index (χ1v) is 13.7. The lowest BCUT2D eigenvalue weighted by molar-refractivity contribution is 0.0536. The van der Waals surface area contributed by atoms with Gasteiger partial charge in [-0.15, -0.1) is 11.6 Å². The topological polar surface area (TPSA) is 79.2 Å². The zero-order valence-corrected chi connectivity index (χ0v) is 24.2. The van der Waals surface area contributed by atoms with Gasteiger partial charge < -0.3 is 24.8 Å². The highest BCUT2D eigenvalue weighted by molar-refractivity contribution is 6.18. The van der Waals surface area contributed by atoms with Gasteiger partial charge in [0.05, 0.1) is 12.5 Å². The van der Waals surface area contributed by atoms with Crippen LogP contribution in [-0.4, -0.2) is 53.2 Å². The summed E-state index contributed by atoms with van der Waals surface area (Å²) in [6.45, 7) is 12.7. The van der Waals surface area contributed by atoms with E-state index in [-0.39, 0.29) is 36.5 Å². The number of aliphatic hydroxyl groups is 3. The van der Waals surface area contributed by atoms with E-state index in [1.807, 2.05) is 50.2 Å². The van der Waals surface area contributed by atoms with Crippen molar-refractivity contribution in [1.29, 1.82) is 0 Å². The highest BCUT2D eigenvalue weighted by Crippen LogP contribution is 2.37. The van der Waals surface area contributed by atoms with E-state index in [1.165, 1.54) is 11.1 Å². The van der Waals surface area contributed by atoms with Crippen molar-refractivity contribution >= 4 is 11.6 Å². The van der Waals surface area contributed by atoms with Crippen molar-refractivity contribution in [3.63, 3.8) is 0 Å². The summed E-state index contributed by atoms with van der Waals surface area (Å²) in [5, 5.41) is 28.1. The lowest BCUT2D eigenvalue weighted by Gasteiger charge is -2.31. The van der Waals surface area contributed by atoms with Gasteiger partial charge in [0.2, 0.25) is 0 Å². The van der Waals surface area contributed by atoms with E-state index in [9.17, 15) is 10.2 Å². The molecule has 3 rings (SSSR count). The molecule has 2 atom stereocenters. The molecule has 6 heteroatoms. The molecule has 0 amide bonds. The van der Waals surface area contributed by atoms with Crippen molar-refractivity contribution in [2.24, 2.45) is 0 Å². The third-order valence-corrected chi connectivity index (χ3v) is 7.09. The molecule has 0 bridgehead atoms. The molecule has 0 radical (unpaired) electrons. The van der Waals surface area contributed by atoms with Crippen LogP contribution in [0.25, 0.3) is 0 Å². The highest BCUT2D eigenvalue weighted by atomic mass is 35.5. The molecule has 2 unspecified atom stereocenters. The fourth-order valence-electron chi connectivity index (χ4n) is 4.05. The molecule has 208 valence electrons. The summed E-state index contributed by atoms with van der Waals surface area (Å²) < 4.78 is 11.2. The van der Waals surface area contributed by atoms with Gasteiger partial charge in [-0.2, -0.15) is 0 Å². The van der Waals surface area contributed by atoms with Crippen LogP contribution in [0.2, 0.25) is 0 Å². The maximum Gasteiger partial charge on any atom is 0.119 e. The fraction of sp³-hybridized carbons (Fsp3) is 0.438. The Labute approximate surface area is 233 Å². The number of aliphatic hydroxyl groups excluding tert-OH is 3. The van der Waals surface area contributed by atoms with Gasteiger partial charge in [-0.1, -0.05) is 90.1 Å². The zero-order chi connectivity index (χ0) is 28.3. The standard InChI is InChI=1S/C30H37ClO5.C2H6/c1-29(2,21-8-12-27(13-9-21)35-19-25(33)17-31)23-6-5-7-24(16-23)30(3,4)22-10-14-28(15-11-22)36-20-26(34)18-32;1-2/h5-16,25-26,32-34H,17-20H2,1-4H3;1-2H3. The van der Waals surface area contributed by atoms with E-state index in [0.29, 0.717) is 11.5 Å². The third-order valence-electron chi connectivity index (χ3n) is 6.73. The largest absolute Gasteiger partial charge is 0.491 e. The van der Waals surface area contributed by atoms with Crippen molar-refractivity contribution in [2.45, 2.75) is 64.6 Å². The van der Waals surface area contributed by atoms with Crippen molar-refractivity contribution < 1.29 is 24.8 Å². The van der Waals surface area contributed by atoms with Crippen molar-refractivity contribution in [2.75, 3.05) is 25.7 Å². The first-order chi connectivity index (χ1) is 18.1. The molecule has 3 aromatic carbocycles. The van der Waals surface area contributed by atoms with Gasteiger partial charge >= 0.3 is 0 Å². The third kappa shape index (κ3) is 8.21. The van der Waals surface area contributed by atoms with E-state index >= 15 is 0 Å². The van der Waals surface area contributed by atoms with E-state index < -0.39 is 12.2 Å². The smallest absolute Gasteiger partial charge is 0.119 e. The molecule has 0 saturated carbocycles. The van der Waals surface area contributed by atoms with Crippen LogP contribution in [0.4, 0.5) is 0 Å². The van der Waals surface area contributed by atoms with E-state index in [0.717, 1.165) is 11.1 Å². The maximum atomic E-state index is 9.61. The van der Waals surface area contributed by atoms with Gasteiger partial charge in [0.1, 0.15) is 36.9 Å². The van der Waals surface area contributed by atoms with E-state index in [4.69, 9.17) is 26.2 Å². The highest BCUT2D eigenvalue weighted by Gasteiger charge is 2.28. The number of rotatable bonds is 12. The quantitative estimate of drug-likeness (QED) is 0.242. The minimum absolute atomic E-state index is 0.0544. The second kappa shape index (κ2) is 14.5. The Hall–Kier alpha value is -2.57. The fourth-order valence-corrected chi connectivity index (χ4v) is 4.14. The van der Waals surface area contributed by atoms with Crippen LogP contribution >= 0.6 is 11.6 Å². The Kier molecular flexibility index (Phi) is 12.1. The lowest BCUT2D eigenvalue weighted by atomic mass is 9.73. The zero-order valence-electron chi connectivity index (χ0n) is 23.4. The molecule has 0 saturated heterocycles. The Balaban J connectivity index is 0.00000247. The Morgan fingerprint density at radius 3 is 1.42 bits per heavy atom. The van der Waals surface area contributed by atoms with Gasteiger partial charge in [-0.25, -0.2) is 0 Å². The lowest BCUT2D eigenvalue weighted by Crippen LogP contribution is -2.23. The average Bonchev–Trinajstić information content (AvgIpc) is 2.96. The molecular weight excluding hydrogens is 500 g/mol. The molecule has 38 heavy (non-hydrogen) atoms. The number of halogens is 1. The van der Waals surface area contributed by atoms with Gasteiger partial charge in [0.25, 0.3) is 0 Å². The summed E-state index contributed by atoms with van der Waals surface area (Å²) >= 11 is 5.64. The van der Waals surface area contributed by atoms with Crippen LogP contribution in [0.15, 0.2) is 72.8 Å². The second-order valence-corrected chi connectivity index (χ2v) is 10.5. The Morgan fingerprint density at radius 1 is 0.658 bits per heavy atom. The summed E-state index contributed by atoms with van der Waals surface area (Å²) in [6, 6.07) is 24.5. The molecule has 5 nitrogen and oxygen atoms in total. The van der Waals surface area contributed by atoms with Gasteiger partial charge in [-0.3, -0.25) is 0 Å². The molecule has 0 aliphatic heterocycles. The number of hydrogen-bond donors (Lipinski definition) is 3. The molecular formula is C32H43ClO5. The minimum Gasteiger partial charge on any atom is -0.491 e. The Morgan fingerprint density at radius 2 is 1.05 bits per heavy atom. The van der Waals surface area contributed by atoms with Crippen LogP contribution in [-0.2, 0) is 10.8 Å². The summed E-state index contributed by atoms with van der Waals surface area (Å²) in [7, 11) is 0. The van der Waals surface area contributed by atoms with Crippen LogP contribution < -0.4 is 9.47 Å². The van der Waals surface area contributed by atoms with Crippen LogP contribution in [0.5, 0.6) is 11.5 Å². The molecule has 3 aromatic rings. The average molecular weight is 543 g/mol. The second-order valence-electron chi connectivity index (χ2n) is 10.1. The van der Waals surface area contributed by atoms with Crippen molar-refractivity contribution in [3.05, 3.63) is 95.1 Å². The SMILES string of the molecule is CC.CC(C)(c1ccc(OCC(O)CO)cc1)c1cccc(C(C)(C)c2ccc(OCC(O)CCl)cc2)c1. The number of alkyl halides is 1. The maximum absolute atomic E-state index is 9.61. The Bertz CT molecular complexity index is 1010. The van der Waals surface area contributed by atoms with Gasteiger partial charge in [-0.05, 0) is 46.5 Å². The number of hydrogen-bond acceptors (Lipinski definition) is 5. The van der Waals surface area contributed by atoms with Crippen LogP contribution in [0.3, 0.4) is 0 Å². The molecule has 0 aliphatic carbocycles. The number of benzene rings is 3. The molecule has 0 heterocycles. The summed E-state index contributed by atoms with van der Waals surface area (Å²) in [4.78, 5) is 0. The molecule has 0 aromatic heterocycles. The number of ether oxygens (including phenoxy) is 2. The van der Waals surface area contributed by atoms with Gasteiger partial charge in [0.15, 0.2) is 0 Å². The molecule has 0 fully saturated rings. The molecule has 0 spiro atoms. The van der Waals surface area contributed by atoms with E-state index in [1.54, 1.807) is 0 Å². The molecule has 3 N–H and O–H groups in total. The van der Waals surface area contributed by atoms with E-state index in [2.05, 4.69) is 64.1 Å². The molecule has 0 aliphatic rings. The van der Waals surface area contributed by atoms with Crippen LogP contribution in [0.1, 0.15) is 63.8 Å². The normalized spacial score (nSPS) is 13.2. The predicted molar refractivity (Wildman–Crippen MR) is 156 cm³/mol. The summed E-state index contributed by atoms with van der Waals surface area (Å²) in [6.07, 6.45) is -1.57.